The molecule has 0 saturated heterocycles. The lowest BCUT2D eigenvalue weighted by Crippen LogP contribution is -2.21. The molecule has 0 aliphatic heterocycles. The van der Waals surface area contributed by atoms with E-state index in [0.717, 1.165) is 22.8 Å². The zero-order chi connectivity index (χ0) is 16.9. The molecule has 1 N–H and O–H groups in total. The second kappa shape index (κ2) is 7.23. The number of rotatable bonds is 5. The fraction of sp³-hybridized carbons (Fsp3) is 0.111. The number of carbonyl (C=O) groups excluding carboxylic acids is 1. The largest absolute Gasteiger partial charge is 0.497 e. The van der Waals surface area contributed by atoms with E-state index in [-0.39, 0.29) is 11.7 Å². The van der Waals surface area contributed by atoms with Crippen LogP contribution in [0.5, 0.6) is 5.75 Å². The molecule has 24 heavy (non-hydrogen) atoms. The van der Waals surface area contributed by atoms with Crippen molar-refractivity contribution in [3.8, 4) is 17.0 Å². The first-order chi connectivity index (χ1) is 11.7. The Hall–Kier alpha value is -2.73. The molecule has 2 aromatic carbocycles. The normalized spacial score (nSPS) is 10.4. The van der Waals surface area contributed by atoms with Crippen molar-refractivity contribution < 1.29 is 13.9 Å². The van der Waals surface area contributed by atoms with E-state index in [1.807, 2.05) is 24.3 Å². The van der Waals surface area contributed by atoms with Gasteiger partial charge in [0.15, 0.2) is 0 Å². The number of hydrogen-bond acceptors (Lipinski definition) is 4. The first kappa shape index (κ1) is 16.1. The van der Waals surface area contributed by atoms with Gasteiger partial charge >= 0.3 is 0 Å². The molecule has 0 aliphatic carbocycles. The average Bonchev–Trinajstić information content (AvgIpc) is 3.10. The SMILES string of the molecule is COc1ccc(CNC(=O)c2cc(-c3cccc(F)c3)ns2)cc1. The van der Waals surface area contributed by atoms with Gasteiger partial charge in [0.25, 0.3) is 5.91 Å². The Morgan fingerprint density at radius 1 is 1.21 bits per heavy atom. The van der Waals surface area contributed by atoms with Gasteiger partial charge in [0.2, 0.25) is 0 Å². The van der Waals surface area contributed by atoms with Gasteiger partial charge in [-0.25, -0.2) is 4.39 Å². The Morgan fingerprint density at radius 2 is 2.00 bits per heavy atom. The number of aromatic nitrogens is 1. The fourth-order valence-electron chi connectivity index (χ4n) is 2.18. The molecule has 6 heteroatoms. The maximum Gasteiger partial charge on any atom is 0.263 e. The van der Waals surface area contributed by atoms with Crippen LogP contribution in [0.3, 0.4) is 0 Å². The van der Waals surface area contributed by atoms with E-state index in [4.69, 9.17) is 4.74 Å². The van der Waals surface area contributed by atoms with Crippen LogP contribution in [0, 0.1) is 5.82 Å². The van der Waals surface area contributed by atoms with E-state index in [1.165, 1.54) is 12.1 Å². The molecule has 1 heterocycles. The second-order valence-electron chi connectivity index (χ2n) is 5.12. The Morgan fingerprint density at radius 3 is 2.71 bits per heavy atom. The smallest absolute Gasteiger partial charge is 0.263 e. The zero-order valence-corrected chi connectivity index (χ0v) is 13.8. The number of nitrogens with one attached hydrogen (secondary N) is 1. The lowest BCUT2D eigenvalue weighted by Gasteiger charge is -2.04. The summed E-state index contributed by atoms with van der Waals surface area (Å²) in [5.74, 6) is 0.240. The lowest BCUT2D eigenvalue weighted by molar-refractivity contribution is 0.0955. The van der Waals surface area contributed by atoms with Crippen LogP contribution in [0.15, 0.2) is 54.6 Å². The molecule has 0 unspecified atom stereocenters. The average molecular weight is 342 g/mol. The minimum absolute atomic E-state index is 0.203. The summed E-state index contributed by atoms with van der Waals surface area (Å²) in [6.45, 7) is 0.413. The third kappa shape index (κ3) is 3.78. The summed E-state index contributed by atoms with van der Waals surface area (Å²) in [6.07, 6.45) is 0. The summed E-state index contributed by atoms with van der Waals surface area (Å²) in [5.41, 5.74) is 2.22. The van der Waals surface area contributed by atoms with Crippen molar-refractivity contribution in [1.82, 2.24) is 9.69 Å². The number of carbonyl (C=O) groups is 1. The Bertz CT molecular complexity index is 846. The van der Waals surface area contributed by atoms with Crippen molar-refractivity contribution in [2.45, 2.75) is 6.54 Å². The van der Waals surface area contributed by atoms with Crippen LogP contribution < -0.4 is 10.1 Å². The van der Waals surface area contributed by atoms with E-state index in [2.05, 4.69) is 9.69 Å². The Labute approximate surface area is 143 Å². The Balaban J connectivity index is 1.65. The second-order valence-corrected chi connectivity index (χ2v) is 5.92. The standard InChI is InChI=1S/C18H15FN2O2S/c1-23-15-7-5-12(6-8-15)11-20-18(22)17-10-16(21-24-17)13-3-2-4-14(19)9-13/h2-10H,11H2,1H3,(H,20,22). The Kier molecular flexibility index (Phi) is 4.86. The summed E-state index contributed by atoms with van der Waals surface area (Å²) >= 11 is 1.10. The highest BCUT2D eigenvalue weighted by Gasteiger charge is 2.12. The zero-order valence-electron chi connectivity index (χ0n) is 13.0. The molecular weight excluding hydrogens is 327 g/mol. The number of nitrogens with zero attached hydrogens (tertiary/aromatic N) is 1. The molecule has 0 spiro atoms. The van der Waals surface area contributed by atoms with Crippen LogP contribution in [0.25, 0.3) is 11.3 Å². The van der Waals surface area contributed by atoms with Gasteiger partial charge in [0.05, 0.1) is 12.8 Å². The molecule has 1 aromatic heterocycles. The molecule has 0 aliphatic rings. The van der Waals surface area contributed by atoms with E-state index in [9.17, 15) is 9.18 Å². The molecule has 0 radical (unpaired) electrons. The van der Waals surface area contributed by atoms with Crippen molar-refractivity contribution in [3.05, 3.63) is 70.9 Å². The molecule has 3 aromatic rings. The number of hydrogen-bond donors (Lipinski definition) is 1. The first-order valence-electron chi connectivity index (χ1n) is 7.29. The summed E-state index contributed by atoms with van der Waals surface area (Å²) in [4.78, 5) is 12.7. The number of halogens is 1. The minimum Gasteiger partial charge on any atom is -0.497 e. The summed E-state index contributed by atoms with van der Waals surface area (Å²) in [6, 6.07) is 15.3. The number of amides is 1. The third-order valence-electron chi connectivity index (χ3n) is 3.47. The van der Waals surface area contributed by atoms with E-state index in [0.29, 0.717) is 22.7 Å². The number of methoxy groups -OCH3 is 1. The van der Waals surface area contributed by atoms with Crippen LogP contribution in [0.2, 0.25) is 0 Å². The lowest BCUT2D eigenvalue weighted by atomic mass is 10.1. The van der Waals surface area contributed by atoms with Crippen molar-refractivity contribution in [1.29, 1.82) is 0 Å². The third-order valence-corrected chi connectivity index (χ3v) is 4.25. The quantitative estimate of drug-likeness (QED) is 0.765. The molecule has 0 fully saturated rings. The van der Waals surface area contributed by atoms with E-state index in [1.54, 1.807) is 25.3 Å². The fourth-order valence-corrected chi connectivity index (χ4v) is 2.85. The topological polar surface area (TPSA) is 51.2 Å². The number of benzene rings is 2. The maximum absolute atomic E-state index is 13.3. The molecule has 0 bridgehead atoms. The van der Waals surface area contributed by atoms with Gasteiger partial charge in [0.1, 0.15) is 16.4 Å². The van der Waals surface area contributed by atoms with Gasteiger partial charge in [0, 0.05) is 12.1 Å². The van der Waals surface area contributed by atoms with Crippen LogP contribution >= 0.6 is 11.5 Å². The highest BCUT2D eigenvalue weighted by atomic mass is 32.1. The van der Waals surface area contributed by atoms with Crippen LogP contribution in [0.1, 0.15) is 15.2 Å². The van der Waals surface area contributed by atoms with Crippen molar-refractivity contribution in [3.63, 3.8) is 0 Å². The van der Waals surface area contributed by atoms with E-state index >= 15 is 0 Å². The highest BCUT2D eigenvalue weighted by Crippen LogP contribution is 2.22. The van der Waals surface area contributed by atoms with Gasteiger partial charge in [-0.05, 0) is 47.4 Å². The van der Waals surface area contributed by atoms with Gasteiger partial charge in [-0.3, -0.25) is 4.79 Å². The summed E-state index contributed by atoms with van der Waals surface area (Å²) < 4.78 is 22.6. The van der Waals surface area contributed by atoms with Gasteiger partial charge in [-0.1, -0.05) is 24.3 Å². The molecule has 1 amide bonds. The molecule has 122 valence electrons. The van der Waals surface area contributed by atoms with Crippen molar-refractivity contribution in [2.75, 3.05) is 7.11 Å². The van der Waals surface area contributed by atoms with Crippen molar-refractivity contribution >= 4 is 17.4 Å². The summed E-state index contributed by atoms with van der Waals surface area (Å²) in [5, 5.41) is 2.85. The predicted molar refractivity (Wildman–Crippen MR) is 91.7 cm³/mol. The van der Waals surface area contributed by atoms with Crippen LogP contribution in [0.4, 0.5) is 4.39 Å². The first-order valence-corrected chi connectivity index (χ1v) is 8.07. The predicted octanol–water partition coefficient (Wildman–Crippen LogP) is 3.89. The van der Waals surface area contributed by atoms with Crippen LogP contribution in [-0.4, -0.2) is 17.4 Å². The molecule has 3 rings (SSSR count). The molecule has 0 atom stereocenters. The van der Waals surface area contributed by atoms with Crippen molar-refractivity contribution in [2.24, 2.45) is 0 Å². The molecule has 0 saturated carbocycles. The summed E-state index contributed by atoms with van der Waals surface area (Å²) in [7, 11) is 1.61. The molecular formula is C18H15FN2O2S. The monoisotopic (exact) mass is 342 g/mol. The number of ether oxygens (including phenoxy) is 1. The van der Waals surface area contributed by atoms with E-state index < -0.39 is 0 Å². The minimum atomic E-state index is -0.328. The molecule has 4 nitrogen and oxygen atoms in total. The van der Waals surface area contributed by atoms with Gasteiger partial charge < -0.3 is 10.1 Å². The van der Waals surface area contributed by atoms with Gasteiger partial charge in [-0.15, -0.1) is 0 Å². The van der Waals surface area contributed by atoms with Gasteiger partial charge in [-0.2, -0.15) is 4.37 Å². The van der Waals surface area contributed by atoms with Crippen LogP contribution in [-0.2, 0) is 6.54 Å². The highest BCUT2D eigenvalue weighted by molar-refractivity contribution is 7.08. The maximum atomic E-state index is 13.3.